The fourth-order valence-electron chi connectivity index (χ4n) is 4.00. The molecule has 4 aromatic rings. The number of aromatic amines is 1. The molecular weight excluding hydrogens is 483 g/mol. The number of alkyl halides is 3. The fourth-order valence-corrected chi connectivity index (χ4v) is 4.00. The van der Waals surface area contributed by atoms with Gasteiger partial charge in [0.1, 0.15) is 29.9 Å². The Hall–Kier alpha value is -3.63. The van der Waals surface area contributed by atoms with Crippen LogP contribution in [-0.2, 0) is 12.7 Å². The van der Waals surface area contributed by atoms with Gasteiger partial charge < -0.3 is 25.0 Å². The summed E-state index contributed by atoms with van der Waals surface area (Å²) in [5.74, 6) is 1.17. The van der Waals surface area contributed by atoms with Crippen LogP contribution in [0.4, 0.5) is 19.0 Å². The minimum atomic E-state index is -4.36. The van der Waals surface area contributed by atoms with Crippen LogP contribution in [0.25, 0.3) is 11.0 Å². The molecule has 37 heavy (non-hydrogen) atoms. The largest absolute Gasteiger partial charge is 0.491 e. The molecular formula is C27H30F3N5O2. The molecule has 0 radical (unpaired) electrons. The standard InChI is InChI=1S/C27H30F3N5O2/c1-3-35(4-2)11-12-37-21-13-22-23(17-34-26(22)33-16-21)25(36)19-7-10-24(32-15-19)31-14-18-5-8-20(9-6-18)27(28,29)30/h5-10,13,15-17,25,36H,3-4,11-12,14H2,1-2H3,(H,31,32)(H,33,34). The van der Waals surface area contributed by atoms with E-state index in [1.54, 1.807) is 30.7 Å². The van der Waals surface area contributed by atoms with E-state index >= 15 is 0 Å². The van der Waals surface area contributed by atoms with Crippen molar-refractivity contribution in [3.63, 3.8) is 0 Å². The first-order valence-corrected chi connectivity index (χ1v) is 12.1. The fraction of sp³-hybridized carbons (Fsp3) is 0.333. The summed E-state index contributed by atoms with van der Waals surface area (Å²) in [6, 6.07) is 10.3. The van der Waals surface area contributed by atoms with Crippen LogP contribution in [0.3, 0.4) is 0 Å². The molecule has 0 saturated carbocycles. The zero-order valence-corrected chi connectivity index (χ0v) is 20.7. The second kappa shape index (κ2) is 11.6. The number of fused-ring (bicyclic) bond motifs is 1. The van der Waals surface area contributed by atoms with Crippen molar-refractivity contribution in [3.05, 3.63) is 83.3 Å². The Morgan fingerprint density at radius 3 is 2.46 bits per heavy atom. The van der Waals surface area contributed by atoms with Crippen LogP contribution in [0.5, 0.6) is 5.75 Å². The molecule has 0 aliphatic rings. The smallest absolute Gasteiger partial charge is 0.416 e. The van der Waals surface area contributed by atoms with Crippen molar-refractivity contribution in [2.24, 2.45) is 0 Å². The highest BCUT2D eigenvalue weighted by Crippen LogP contribution is 2.31. The Bertz CT molecular complexity index is 1290. The molecule has 0 aliphatic carbocycles. The molecule has 0 bridgehead atoms. The highest BCUT2D eigenvalue weighted by atomic mass is 19.4. The molecule has 3 N–H and O–H groups in total. The summed E-state index contributed by atoms with van der Waals surface area (Å²) < 4.78 is 44.1. The molecule has 1 aromatic carbocycles. The number of likely N-dealkylation sites (N-methyl/N-ethyl adjacent to an activating group) is 1. The van der Waals surface area contributed by atoms with Crippen LogP contribution < -0.4 is 10.1 Å². The SMILES string of the molecule is CCN(CC)CCOc1cnc2[nH]cc(C(O)c3ccc(NCc4ccc(C(F)(F)F)cc4)nc3)c2c1. The monoisotopic (exact) mass is 513 g/mol. The summed E-state index contributed by atoms with van der Waals surface area (Å²) in [4.78, 5) is 14.1. The molecule has 3 aromatic heterocycles. The van der Waals surface area contributed by atoms with E-state index in [-0.39, 0.29) is 0 Å². The highest BCUT2D eigenvalue weighted by molar-refractivity contribution is 5.81. The molecule has 0 fully saturated rings. The number of hydrogen-bond donors (Lipinski definition) is 3. The van der Waals surface area contributed by atoms with Gasteiger partial charge in [0.15, 0.2) is 0 Å². The van der Waals surface area contributed by atoms with Crippen molar-refractivity contribution in [1.29, 1.82) is 0 Å². The number of aromatic nitrogens is 3. The summed E-state index contributed by atoms with van der Waals surface area (Å²) in [7, 11) is 0. The van der Waals surface area contributed by atoms with Crippen molar-refractivity contribution in [1.82, 2.24) is 19.9 Å². The van der Waals surface area contributed by atoms with E-state index in [4.69, 9.17) is 4.74 Å². The van der Waals surface area contributed by atoms with Crippen molar-refractivity contribution in [3.8, 4) is 5.75 Å². The average molecular weight is 514 g/mol. The van der Waals surface area contributed by atoms with Gasteiger partial charge in [-0.05, 0) is 42.9 Å². The van der Waals surface area contributed by atoms with Gasteiger partial charge in [-0.2, -0.15) is 13.2 Å². The maximum absolute atomic E-state index is 12.7. The average Bonchev–Trinajstić information content (AvgIpc) is 3.33. The highest BCUT2D eigenvalue weighted by Gasteiger charge is 2.29. The maximum atomic E-state index is 12.7. The molecule has 0 aliphatic heterocycles. The number of aliphatic hydroxyl groups is 1. The van der Waals surface area contributed by atoms with Crippen LogP contribution in [0, 0.1) is 0 Å². The Balaban J connectivity index is 1.39. The number of aliphatic hydroxyl groups excluding tert-OH is 1. The summed E-state index contributed by atoms with van der Waals surface area (Å²) in [5.41, 5.74) is 1.91. The van der Waals surface area contributed by atoms with Gasteiger partial charge >= 0.3 is 6.18 Å². The minimum Gasteiger partial charge on any atom is -0.491 e. The summed E-state index contributed by atoms with van der Waals surface area (Å²) >= 11 is 0. The van der Waals surface area contributed by atoms with Crippen molar-refractivity contribution < 1.29 is 23.0 Å². The number of H-pyrrole nitrogens is 1. The first-order valence-electron chi connectivity index (χ1n) is 12.1. The first kappa shape index (κ1) is 26.4. The number of rotatable bonds is 11. The molecule has 7 nitrogen and oxygen atoms in total. The minimum absolute atomic E-state index is 0.318. The Labute approximate surface area is 213 Å². The van der Waals surface area contributed by atoms with Gasteiger partial charge in [0.2, 0.25) is 0 Å². The van der Waals surface area contributed by atoms with Crippen molar-refractivity contribution >= 4 is 16.9 Å². The van der Waals surface area contributed by atoms with Gasteiger partial charge in [-0.15, -0.1) is 0 Å². The number of ether oxygens (including phenoxy) is 1. The number of anilines is 1. The first-order chi connectivity index (χ1) is 17.8. The van der Waals surface area contributed by atoms with E-state index in [9.17, 15) is 18.3 Å². The summed E-state index contributed by atoms with van der Waals surface area (Å²) in [5, 5.41) is 14.9. The molecule has 10 heteroatoms. The summed E-state index contributed by atoms with van der Waals surface area (Å²) in [6.07, 6.45) is -0.339. The molecule has 4 rings (SSSR count). The van der Waals surface area contributed by atoms with Gasteiger partial charge in [-0.3, -0.25) is 0 Å². The number of halogens is 3. The predicted octanol–water partition coefficient (Wildman–Crippen LogP) is 5.39. The molecule has 3 heterocycles. The lowest BCUT2D eigenvalue weighted by Crippen LogP contribution is -2.27. The lowest BCUT2D eigenvalue weighted by atomic mass is 10.0. The van der Waals surface area contributed by atoms with Crippen LogP contribution in [0.1, 0.15) is 42.2 Å². The number of nitrogens with one attached hydrogen (secondary N) is 2. The Kier molecular flexibility index (Phi) is 8.30. The van der Waals surface area contributed by atoms with Crippen LogP contribution in [0.2, 0.25) is 0 Å². The topological polar surface area (TPSA) is 86.3 Å². The second-order valence-electron chi connectivity index (χ2n) is 8.61. The van der Waals surface area contributed by atoms with Crippen molar-refractivity contribution in [2.45, 2.75) is 32.7 Å². The molecule has 0 spiro atoms. The number of pyridine rings is 2. The van der Waals surface area contributed by atoms with Crippen LogP contribution in [0.15, 0.2) is 61.1 Å². The third kappa shape index (κ3) is 6.58. The van der Waals surface area contributed by atoms with E-state index in [2.05, 4.69) is 39.0 Å². The van der Waals surface area contributed by atoms with Crippen LogP contribution >= 0.6 is 0 Å². The number of benzene rings is 1. The van der Waals surface area contributed by atoms with Gasteiger partial charge in [0.05, 0.1) is 11.8 Å². The quantitative estimate of drug-likeness (QED) is 0.249. The van der Waals surface area contributed by atoms with E-state index < -0.39 is 17.8 Å². The van der Waals surface area contributed by atoms with E-state index in [1.807, 2.05) is 6.07 Å². The third-order valence-electron chi connectivity index (χ3n) is 6.26. The molecule has 1 unspecified atom stereocenters. The van der Waals surface area contributed by atoms with E-state index in [0.717, 1.165) is 37.2 Å². The van der Waals surface area contributed by atoms with Gasteiger partial charge in [-0.1, -0.05) is 32.0 Å². The normalized spacial score (nSPS) is 12.7. The lowest BCUT2D eigenvalue weighted by molar-refractivity contribution is -0.137. The van der Waals surface area contributed by atoms with Gasteiger partial charge in [0.25, 0.3) is 0 Å². The summed E-state index contributed by atoms with van der Waals surface area (Å²) in [6.45, 7) is 7.83. The zero-order valence-electron chi connectivity index (χ0n) is 20.7. The predicted molar refractivity (Wildman–Crippen MR) is 136 cm³/mol. The molecule has 196 valence electrons. The van der Waals surface area contributed by atoms with Gasteiger partial charge in [0, 0.05) is 42.0 Å². The number of hydrogen-bond acceptors (Lipinski definition) is 6. The maximum Gasteiger partial charge on any atom is 0.416 e. The van der Waals surface area contributed by atoms with Crippen molar-refractivity contribution in [2.75, 3.05) is 31.6 Å². The lowest BCUT2D eigenvalue weighted by Gasteiger charge is -2.18. The van der Waals surface area contributed by atoms with E-state index in [1.165, 1.54) is 12.1 Å². The third-order valence-corrected chi connectivity index (χ3v) is 6.26. The Morgan fingerprint density at radius 2 is 1.81 bits per heavy atom. The second-order valence-corrected chi connectivity index (χ2v) is 8.61. The van der Waals surface area contributed by atoms with E-state index in [0.29, 0.717) is 47.1 Å². The van der Waals surface area contributed by atoms with Crippen LogP contribution in [-0.4, -0.2) is 51.2 Å². The molecule has 1 atom stereocenters. The molecule has 0 saturated heterocycles. The molecule has 0 amide bonds. The zero-order chi connectivity index (χ0) is 26.4. The number of nitrogens with zero attached hydrogens (tertiary/aromatic N) is 3. The Morgan fingerprint density at radius 1 is 1.05 bits per heavy atom. The van der Waals surface area contributed by atoms with Gasteiger partial charge in [-0.25, -0.2) is 9.97 Å².